The summed E-state index contributed by atoms with van der Waals surface area (Å²) in [6, 6.07) is 6.37. The average molecular weight is 322 g/mol. The summed E-state index contributed by atoms with van der Waals surface area (Å²) in [5, 5.41) is 4.43. The molecule has 0 amide bonds. The number of aryl methyl sites for hydroxylation is 1. The summed E-state index contributed by atoms with van der Waals surface area (Å²) in [6.07, 6.45) is 2.82. The van der Waals surface area contributed by atoms with Gasteiger partial charge in [-0.1, -0.05) is 15.9 Å². The van der Waals surface area contributed by atoms with Crippen molar-refractivity contribution >= 4 is 21.6 Å². The predicted octanol–water partition coefficient (Wildman–Crippen LogP) is 3.16. The van der Waals surface area contributed by atoms with E-state index in [1.54, 1.807) is 0 Å². The lowest BCUT2D eigenvalue weighted by Crippen LogP contribution is -2.12. The second kappa shape index (κ2) is 4.98. The van der Waals surface area contributed by atoms with Gasteiger partial charge in [0.05, 0.1) is 18.3 Å². The van der Waals surface area contributed by atoms with Crippen molar-refractivity contribution in [2.24, 2.45) is 0 Å². The molecular weight excluding hydrogens is 306 g/mol. The molecule has 0 aliphatic carbocycles. The molecule has 0 spiro atoms. The van der Waals surface area contributed by atoms with Crippen molar-refractivity contribution in [1.82, 2.24) is 9.78 Å². The molecule has 5 heteroatoms. The number of hydrogen-bond donors (Lipinski definition) is 1. The molecule has 100 valence electrons. The zero-order chi connectivity index (χ0) is 13.4. The highest BCUT2D eigenvalue weighted by molar-refractivity contribution is 9.10. The molecule has 1 aromatic carbocycles. The van der Waals surface area contributed by atoms with E-state index in [1.165, 1.54) is 0 Å². The number of halogens is 1. The number of benzene rings is 1. The number of anilines is 1. The van der Waals surface area contributed by atoms with Gasteiger partial charge in [-0.25, -0.2) is 0 Å². The molecule has 0 radical (unpaired) electrons. The Bertz CT molecular complexity index is 603. The third-order valence-electron chi connectivity index (χ3n) is 3.53. The Morgan fingerprint density at radius 3 is 3.05 bits per heavy atom. The minimum atomic E-state index is 0.310. The predicted molar refractivity (Wildman–Crippen MR) is 79.0 cm³/mol. The van der Waals surface area contributed by atoms with Crippen LogP contribution in [0, 0.1) is 6.92 Å². The number of hydrogen-bond acceptors (Lipinski definition) is 3. The van der Waals surface area contributed by atoms with E-state index in [-0.39, 0.29) is 0 Å². The van der Waals surface area contributed by atoms with E-state index >= 15 is 0 Å². The SMILES string of the molecule is Cc1cc(N)c(-c2ccnn2[C@H]2CCOC2)cc1Br. The van der Waals surface area contributed by atoms with Crippen LogP contribution in [0.2, 0.25) is 0 Å². The number of nitrogen functional groups attached to an aromatic ring is 1. The molecule has 0 saturated carbocycles. The van der Waals surface area contributed by atoms with Crippen LogP contribution in [0.4, 0.5) is 5.69 Å². The third kappa shape index (κ3) is 2.28. The Morgan fingerprint density at radius 2 is 2.32 bits per heavy atom. The second-order valence-corrected chi connectivity index (χ2v) is 5.72. The Morgan fingerprint density at radius 1 is 1.47 bits per heavy atom. The number of ether oxygens (including phenoxy) is 1. The van der Waals surface area contributed by atoms with Gasteiger partial charge in [-0.2, -0.15) is 5.10 Å². The van der Waals surface area contributed by atoms with Gasteiger partial charge in [-0.15, -0.1) is 0 Å². The molecule has 1 aliphatic heterocycles. The number of nitrogens with two attached hydrogens (primary N) is 1. The van der Waals surface area contributed by atoms with Crippen molar-refractivity contribution in [3.63, 3.8) is 0 Å². The lowest BCUT2D eigenvalue weighted by Gasteiger charge is -2.15. The van der Waals surface area contributed by atoms with Gasteiger partial charge in [-0.3, -0.25) is 4.68 Å². The van der Waals surface area contributed by atoms with Crippen molar-refractivity contribution in [3.8, 4) is 11.3 Å². The molecule has 2 aromatic rings. The number of rotatable bonds is 2. The molecule has 2 heterocycles. The van der Waals surface area contributed by atoms with Crippen LogP contribution in [0.1, 0.15) is 18.0 Å². The maximum atomic E-state index is 6.16. The van der Waals surface area contributed by atoms with E-state index in [4.69, 9.17) is 10.5 Å². The molecule has 19 heavy (non-hydrogen) atoms. The minimum Gasteiger partial charge on any atom is -0.398 e. The quantitative estimate of drug-likeness (QED) is 0.864. The number of nitrogens with zero attached hydrogens (tertiary/aromatic N) is 2. The molecule has 1 saturated heterocycles. The van der Waals surface area contributed by atoms with Crippen LogP contribution in [-0.4, -0.2) is 23.0 Å². The summed E-state index contributed by atoms with van der Waals surface area (Å²) >= 11 is 3.56. The Balaban J connectivity index is 2.07. The fourth-order valence-electron chi connectivity index (χ4n) is 2.46. The third-order valence-corrected chi connectivity index (χ3v) is 4.38. The molecule has 1 aromatic heterocycles. The van der Waals surface area contributed by atoms with Crippen LogP contribution in [-0.2, 0) is 4.74 Å². The first-order chi connectivity index (χ1) is 9.16. The highest BCUT2D eigenvalue weighted by atomic mass is 79.9. The molecule has 1 aliphatic rings. The summed E-state index contributed by atoms with van der Waals surface area (Å²) in [4.78, 5) is 0. The van der Waals surface area contributed by atoms with E-state index < -0.39 is 0 Å². The zero-order valence-corrected chi connectivity index (χ0v) is 12.4. The molecule has 1 fully saturated rings. The maximum Gasteiger partial charge on any atom is 0.0781 e. The largest absolute Gasteiger partial charge is 0.398 e. The second-order valence-electron chi connectivity index (χ2n) is 4.87. The average Bonchev–Trinajstić information content (AvgIpc) is 3.03. The zero-order valence-electron chi connectivity index (χ0n) is 10.8. The van der Waals surface area contributed by atoms with Crippen LogP contribution in [0.25, 0.3) is 11.3 Å². The van der Waals surface area contributed by atoms with Gasteiger partial charge >= 0.3 is 0 Å². The molecule has 0 unspecified atom stereocenters. The molecule has 2 N–H and O–H groups in total. The summed E-state index contributed by atoms with van der Waals surface area (Å²) in [5.41, 5.74) is 10.1. The van der Waals surface area contributed by atoms with Crippen LogP contribution < -0.4 is 5.73 Å². The Kier molecular flexibility index (Phi) is 3.33. The standard InChI is InChI=1S/C14H16BrN3O/c1-9-6-13(16)11(7-12(9)15)14-2-4-17-18(14)10-3-5-19-8-10/h2,4,6-7,10H,3,5,8,16H2,1H3/t10-/m0/s1. The van der Waals surface area contributed by atoms with E-state index in [1.807, 2.05) is 29.9 Å². The first-order valence-corrected chi connectivity index (χ1v) is 7.13. The molecule has 0 bridgehead atoms. The fourth-order valence-corrected chi connectivity index (χ4v) is 2.80. The van der Waals surface area contributed by atoms with Gasteiger partial charge in [0.1, 0.15) is 0 Å². The monoisotopic (exact) mass is 321 g/mol. The first-order valence-electron chi connectivity index (χ1n) is 6.34. The molecule has 3 rings (SSSR count). The van der Waals surface area contributed by atoms with Gasteiger partial charge in [0.2, 0.25) is 0 Å². The normalized spacial score (nSPS) is 18.9. The summed E-state index contributed by atoms with van der Waals surface area (Å²) < 4.78 is 8.53. The van der Waals surface area contributed by atoms with Gasteiger partial charge < -0.3 is 10.5 Å². The van der Waals surface area contributed by atoms with E-state index in [2.05, 4.69) is 27.1 Å². The lowest BCUT2D eigenvalue weighted by atomic mass is 10.1. The van der Waals surface area contributed by atoms with E-state index in [0.29, 0.717) is 6.04 Å². The Labute approximate surface area is 120 Å². The van der Waals surface area contributed by atoms with E-state index in [9.17, 15) is 0 Å². The number of aromatic nitrogens is 2. The lowest BCUT2D eigenvalue weighted by molar-refractivity contribution is 0.185. The van der Waals surface area contributed by atoms with Crippen LogP contribution >= 0.6 is 15.9 Å². The topological polar surface area (TPSA) is 53.1 Å². The van der Waals surface area contributed by atoms with Crippen molar-refractivity contribution in [2.45, 2.75) is 19.4 Å². The van der Waals surface area contributed by atoms with Crippen LogP contribution in [0.15, 0.2) is 28.9 Å². The molecule has 4 nitrogen and oxygen atoms in total. The smallest absolute Gasteiger partial charge is 0.0781 e. The van der Waals surface area contributed by atoms with Crippen LogP contribution in [0.3, 0.4) is 0 Å². The van der Waals surface area contributed by atoms with Crippen LogP contribution in [0.5, 0.6) is 0 Å². The minimum absolute atomic E-state index is 0.310. The molecular formula is C14H16BrN3O. The summed E-state index contributed by atoms with van der Waals surface area (Å²) in [5.74, 6) is 0. The Hall–Kier alpha value is -1.33. The van der Waals surface area contributed by atoms with E-state index in [0.717, 1.165) is 46.6 Å². The van der Waals surface area contributed by atoms with Crippen molar-refractivity contribution in [3.05, 3.63) is 34.4 Å². The maximum absolute atomic E-state index is 6.16. The van der Waals surface area contributed by atoms with Crippen molar-refractivity contribution in [1.29, 1.82) is 0 Å². The molecule has 1 atom stereocenters. The van der Waals surface area contributed by atoms with Gasteiger partial charge in [0, 0.05) is 28.5 Å². The highest BCUT2D eigenvalue weighted by Crippen LogP contribution is 2.33. The fraction of sp³-hybridized carbons (Fsp3) is 0.357. The first kappa shape index (κ1) is 12.7. The summed E-state index contributed by atoms with van der Waals surface area (Å²) in [6.45, 7) is 3.56. The van der Waals surface area contributed by atoms with Crippen molar-refractivity contribution in [2.75, 3.05) is 18.9 Å². The highest BCUT2D eigenvalue weighted by Gasteiger charge is 2.22. The van der Waals surface area contributed by atoms with Gasteiger partial charge in [-0.05, 0) is 37.1 Å². The summed E-state index contributed by atoms with van der Waals surface area (Å²) in [7, 11) is 0. The van der Waals surface area contributed by atoms with Gasteiger partial charge in [0.25, 0.3) is 0 Å². The van der Waals surface area contributed by atoms with Crippen molar-refractivity contribution < 1.29 is 4.74 Å². The van der Waals surface area contributed by atoms with Gasteiger partial charge in [0.15, 0.2) is 0 Å².